The predicted molar refractivity (Wildman–Crippen MR) is 77.4 cm³/mol. The van der Waals surface area contributed by atoms with Crippen molar-refractivity contribution in [1.29, 1.82) is 0 Å². The largest absolute Gasteiger partial charge is 0.389 e. The Morgan fingerprint density at radius 1 is 1.41 bits per heavy atom. The molecule has 3 nitrogen and oxygen atoms in total. The van der Waals surface area contributed by atoms with Crippen LogP contribution >= 0.6 is 23.8 Å². The number of nitrogens with zero attached hydrogens (tertiary/aromatic N) is 1. The minimum Gasteiger partial charge on any atom is -0.389 e. The molecule has 1 aromatic carbocycles. The molecule has 92 valence electrons. The van der Waals surface area contributed by atoms with Gasteiger partial charge >= 0.3 is 0 Å². The Bertz CT molecular complexity index is 469. The Hall–Kier alpha value is -0.650. The molecule has 0 radical (unpaired) electrons. The highest BCUT2D eigenvalue weighted by molar-refractivity contribution is 7.85. The minimum atomic E-state index is -0.696. The van der Waals surface area contributed by atoms with Crippen LogP contribution in [0, 0.1) is 0 Å². The van der Waals surface area contributed by atoms with Crippen molar-refractivity contribution in [2.24, 2.45) is 5.73 Å². The normalized spacial score (nSPS) is 17.1. The summed E-state index contributed by atoms with van der Waals surface area (Å²) >= 11 is 11.0. The summed E-state index contributed by atoms with van der Waals surface area (Å²) in [5.74, 6) is 1.37. The van der Waals surface area contributed by atoms with E-state index in [4.69, 9.17) is 29.6 Å². The molecule has 1 aliphatic rings. The molecule has 0 aromatic heterocycles. The van der Waals surface area contributed by atoms with E-state index in [0.29, 0.717) is 21.5 Å². The Labute approximate surface area is 113 Å². The molecule has 1 saturated heterocycles. The summed E-state index contributed by atoms with van der Waals surface area (Å²) in [4.78, 5) is 2.50. The minimum absolute atomic E-state index is 0.364. The van der Waals surface area contributed by atoms with Gasteiger partial charge in [-0.25, -0.2) is 0 Å². The van der Waals surface area contributed by atoms with Gasteiger partial charge in [-0.3, -0.25) is 4.21 Å². The maximum Gasteiger partial charge on any atom is 0.106 e. The van der Waals surface area contributed by atoms with Gasteiger partial charge in [0.1, 0.15) is 4.99 Å². The molecule has 2 rings (SSSR count). The van der Waals surface area contributed by atoms with Crippen LogP contribution in [0.2, 0.25) is 5.02 Å². The highest BCUT2D eigenvalue weighted by atomic mass is 35.5. The molecule has 2 N–H and O–H groups in total. The van der Waals surface area contributed by atoms with E-state index in [-0.39, 0.29) is 0 Å². The fourth-order valence-corrected chi connectivity index (χ4v) is 3.24. The molecular formula is C11H13ClN2OS2. The van der Waals surface area contributed by atoms with Crippen molar-refractivity contribution in [2.75, 3.05) is 29.5 Å². The van der Waals surface area contributed by atoms with Gasteiger partial charge in [0.15, 0.2) is 0 Å². The first-order valence-electron chi connectivity index (χ1n) is 5.27. The summed E-state index contributed by atoms with van der Waals surface area (Å²) < 4.78 is 11.3. The third-order valence-corrected chi connectivity index (χ3v) is 4.47. The van der Waals surface area contributed by atoms with E-state index < -0.39 is 10.8 Å². The zero-order valence-electron chi connectivity index (χ0n) is 9.19. The van der Waals surface area contributed by atoms with Crippen LogP contribution in [0.5, 0.6) is 0 Å². The summed E-state index contributed by atoms with van der Waals surface area (Å²) in [6, 6.07) is 5.48. The highest BCUT2D eigenvalue weighted by Gasteiger charge is 2.19. The van der Waals surface area contributed by atoms with Crippen molar-refractivity contribution in [3.63, 3.8) is 0 Å². The molecule has 6 heteroatoms. The second-order valence-electron chi connectivity index (χ2n) is 3.86. The van der Waals surface area contributed by atoms with Gasteiger partial charge in [-0.05, 0) is 18.2 Å². The van der Waals surface area contributed by atoms with Crippen molar-refractivity contribution in [1.82, 2.24) is 0 Å². The molecule has 0 saturated carbocycles. The van der Waals surface area contributed by atoms with Crippen molar-refractivity contribution in [3.8, 4) is 0 Å². The number of thiocarbonyl (C=S) groups is 1. The molecule has 1 aliphatic heterocycles. The molecule has 0 spiro atoms. The van der Waals surface area contributed by atoms with Gasteiger partial charge in [0.2, 0.25) is 0 Å². The lowest BCUT2D eigenvalue weighted by Gasteiger charge is -2.30. The molecule has 1 fully saturated rings. The third kappa shape index (κ3) is 2.97. The topological polar surface area (TPSA) is 46.3 Å². The van der Waals surface area contributed by atoms with Crippen molar-refractivity contribution in [2.45, 2.75) is 0 Å². The summed E-state index contributed by atoms with van der Waals surface area (Å²) in [5.41, 5.74) is 7.48. The van der Waals surface area contributed by atoms with Gasteiger partial charge in [0.25, 0.3) is 0 Å². The maximum absolute atomic E-state index is 11.3. The van der Waals surface area contributed by atoms with Crippen molar-refractivity contribution < 1.29 is 4.21 Å². The molecule has 0 aliphatic carbocycles. The van der Waals surface area contributed by atoms with Gasteiger partial charge in [-0.1, -0.05) is 23.8 Å². The van der Waals surface area contributed by atoms with E-state index in [1.165, 1.54) is 0 Å². The smallest absolute Gasteiger partial charge is 0.106 e. The average molecular weight is 289 g/mol. The molecular weight excluding hydrogens is 276 g/mol. The summed E-state index contributed by atoms with van der Waals surface area (Å²) in [7, 11) is -0.696. The first-order chi connectivity index (χ1) is 8.08. The Morgan fingerprint density at radius 3 is 2.65 bits per heavy atom. The number of rotatable bonds is 2. The molecule has 0 atom stereocenters. The van der Waals surface area contributed by atoms with Gasteiger partial charge in [-0.15, -0.1) is 0 Å². The molecule has 1 aromatic rings. The quantitative estimate of drug-likeness (QED) is 0.839. The number of hydrogen-bond donors (Lipinski definition) is 1. The lowest BCUT2D eigenvalue weighted by Crippen LogP contribution is -2.38. The van der Waals surface area contributed by atoms with Crippen LogP contribution in [-0.4, -0.2) is 33.8 Å². The van der Waals surface area contributed by atoms with E-state index in [2.05, 4.69) is 4.90 Å². The maximum atomic E-state index is 11.3. The number of benzene rings is 1. The van der Waals surface area contributed by atoms with E-state index in [1.807, 2.05) is 12.1 Å². The Morgan fingerprint density at radius 2 is 2.06 bits per heavy atom. The van der Waals surface area contributed by atoms with Crippen molar-refractivity contribution >= 4 is 45.3 Å². The van der Waals surface area contributed by atoms with Gasteiger partial charge in [0.05, 0.1) is 0 Å². The zero-order chi connectivity index (χ0) is 12.4. The fraction of sp³-hybridized carbons (Fsp3) is 0.364. The lowest BCUT2D eigenvalue weighted by atomic mass is 10.1. The molecule has 1 heterocycles. The van der Waals surface area contributed by atoms with Crippen LogP contribution in [0.25, 0.3) is 0 Å². The molecule has 0 amide bonds. The Balaban J connectivity index is 2.33. The third-order valence-electron chi connectivity index (χ3n) is 2.74. The number of anilines is 1. The van der Waals surface area contributed by atoms with E-state index in [9.17, 15) is 4.21 Å². The van der Waals surface area contributed by atoms with Crippen molar-refractivity contribution in [3.05, 3.63) is 28.8 Å². The monoisotopic (exact) mass is 288 g/mol. The molecule has 0 unspecified atom stereocenters. The zero-order valence-corrected chi connectivity index (χ0v) is 11.6. The first kappa shape index (κ1) is 12.8. The van der Waals surface area contributed by atoms with E-state index in [0.717, 1.165) is 24.3 Å². The summed E-state index contributed by atoms with van der Waals surface area (Å²) in [5, 5.41) is 0.659. The lowest BCUT2D eigenvalue weighted by molar-refractivity contribution is 0.673. The summed E-state index contributed by atoms with van der Waals surface area (Å²) in [6.07, 6.45) is 0. The average Bonchev–Trinajstić information content (AvgIpc) is 2.29. The standard InChI is InChI=1S/C11H13ClN2OS2/c12-8-1-2-9(11(13)16)10(7-8)14-3-5-17(15)6-4-14/h1-2,7H,3-6H2,(H2,13,16). The predicted octanol–water partition coefficient (Wildman–Crippen LogP) is 1.54. The second-order valence-corrected chi connectivity index (χ2v) is 6.43. The van der Waals surface area contributed by atoms with E-state index >= 15 is 0 Å². The SMILES string of the molecule is NC(=S)c1ccc(Cl)cc1N1CCS(=O)CC1. The van der Waals surface area contributed by atoms with Gasteiger partial charge in [-0.2, -0.15) is 0 Å². The number of hydrogen-bond acceptors (Lipinski definition) is 3. The van der Waals surface area contributed by atoms with Crippen LogP contribution in [0.1, 0.15) is 5.56 Å². The highest BCUT2D eigenvalue weighted by Crippen LogP contribution is 2.26. The van der Waals surface area contributed by atoms with Crippen LogP contribution in [0.15, 0.2) is 18.2 Å². The fourth-order valence-electron chi connectivity index (χ4n) is 1.85. The number of nitrogens with two attached hydrogens (primary N) is 1. The van der Waals surface area contributed by atoms with Crippen LogP contribution in [0.3, 0.4) is 0 Å². The van der Waals surface area contributed by atoms with Crippen LogP contribution < -0.4 is 10.6 Å². The van der Waals surface area contributed by atoms with E-state index in [1.54, 1.807) is 6.07 Å². The summed E-state index contributed by atoms with van der Waals surface area (Å²) in [6.45, 7) is 1.51. The van der Waals surface area contributed by atoms with Gasteiger partial charge in [0, 0.05) is 51.7 Å². The van der Waals surface area contributed by atoms with Crippen LogP contribution in [-0.2, 0) is 10.8 Å². The van der Waals surface area contributed by atoms with Crippen LogP contribution in [0.4, 0.5) is 5.69 Å². The first-order valence-corrected chi connectivity index (χ1v) is 7.54. The second kappa shape index (κ2) is 5.33. The van der Waals surface area contributed by atoms with Gasteiger partial charge < -0.3 is 10.6 Å². The molecule has 0 bridgehead atoms. The molecule has 17 heavy (non-hydrogen) atoms. The number of halogens is 1. The Kier molecular flexibility index (Phi) is 4.01.